The lowest BCUT2D eigenvalue weighted by Gasteiger charge is -2.06. The van der Waals surface area contributed by atoms with Crippen LogP contribution in [0.5, 0.6) is 0 Å². The fourth-order valence-electron chi connectivity index (χ4n) is 3.36. The van der Waals surface area contributed by atoms with E-state index in [2.05, 4.69) is 91.9 Å². The van der Waals surface area contributed by atoms with Crippen LogP contribution in [0, 0.1) is 17.9 Å². The minimum atomic E-state index is 0.200. The molecule has 2 aliphatic rings. The van der Waals surface area contributed by atoms with Crippen molar-refractivity contribution in [3.05, 3.63) is 97.1 Å². The van der Waals surface area contributed by atoms with E-state index in [-0.39, 0.29) is 5.92 Å². The first-order valence-electron chi connectivity index (χ1n) is 9.61. The first-order valence-corrected chi connectivity index (χ1v) is 9.61. The van der Waals surface area contributed by atoms with E-state index in [0.717, 1.165) is 22.8 Å². The van der Waals surface area contributed by atoms with Crippen molar-refractivity contribution in [2.24, 2.45) is 21.8 Å². The smallest absolute Gasteiger partial charge is 0.171 e. The Morgan fingerprint density at radius 2 is 1.21 bits per heavy atom. The first kappa shape index (κ1) is 18.0. The molecular formula is C26H23N2+. The van der Waals surface area contributed by atoms with Crippen molar-refractivity contribution in [3.8, 4) is 11.1 Å². The Morgan fingerprint density at radius 3 is 1.71 bits per heavy atom. The highest BCUT2D eigenvalue weighted by atomic mass is 14.7. The predicted octanol–water partition coefficient (Wildman–Crippen LogP) is 6.83. The van der Waals surface area contributed by atoms with E-state index < -0.39 is 0 Å². The molecule has 0 radical (unpaired) electrons. The minimum Gasteiger partial charge on any atom is -0.257 e. The number of nitrogens with zero attached hydrogens (tertiary/aromatic N) is 2. The van der Waals surface area contributed by atoms with Crippen LogP contribution in [0.4, 0.5) is 11.4 Å². The van der Waals surface area contributed by atoms with E-state index in [0.29, 0.717) is 5.92 Å². The molecule has 0 saturated heterocycles. The fraction of sp³-hybridized carbons (Fsp3) is 0.154. The second-order valence-electron chi connectivity index (χ2n) is 7.09. The van der Waals surface area contributed by atoms with Gasteiger partial charge in [0.2, 0.25) is 0 Å². The van der Waals surface area contributed by atoms with Gasteiger partial charge in [-0.15, -0.1) is 0 Å². The molecule has 4 rings (SSSR count). The SMILES string of the molecule is CC(=Nc1ccc(-c2ccc(N=C(C)C3C=CC=C3)cc2)cc1)C1[C+]=CC=C1. The average Bonchev–Trinajstić information content (AvgIpc) is 3.43. The van der Waals surface area contributed by atoms with E-state index in [9.17, 15) is 0 Å². The topological polar surface area (TPSA) is 24.7 Å². The Balaban J connectivity index is 1.47. The van der Waals surface area contributed by atoms with Crippen molar-refractivity contribution in [1.82, 2.24) is 0 Å². The molecular weight excluding hydrogens is 340 g/mol. The van der Waals surface area contributed by atoms with E-state index in [4.69, 9.17) is 9.98 Å². The molecule has 0 N–H and O–H groups in total. The Bertz CT molecular complexity index is 904. The minimum absolute atomic E-state index is 0.200. The molecule has 0 aromatic heterocycles. The number of allylic oxidation sites excluding steroid dienone is 8. The van der Waals surface area contributed by atoms with Crippen molar-refractivity contribution < 1.29 is 0 Å². The van der Waals surface area contributed by atoms with E-state index >= 15 is 0 Å². The lowest BCUT2D eigenvalue weighted by molar-refractivity contribution is 1.11. The van der Waals surface area contributed by atoms with E-state index in [1.165, 1.54) is 11.1 Å². The molecule has 0 heterocycles. The lowest BCUT2D eigenvalue weighted by atomic mass is 10.0. The van der Waals surface area contributed by atoms with Gasteiger partial charge in [-0.25, -0.2) is 0 Å². The van der Waals surface area contributed by atoms with Gasteiger partial charge in [0, 0.05) is 17.7 Å². The maximum absolute atomic E-state index is 4.74. The van der Waals surface area contributed by atoms with Crippen molar-refractivity contribution in [3.63, 3.8) is 0 Å². The van der Waals surface area contributed by atoms with Gasteiger partial charge in [0.05, 0.1) is 29.2 Å². The van der Waals surface area contributed by atoms with Crippen LogP contribution in [0.15, 0.2) is 101 Å². The normalized spacial score (nSPS) is 18.9. The highest BCUT2D eigenvalue weighted by Crippen LogP contribution is 2.26. The van der Waals surface area contributed by atoms with Gasteiger partial charge in [0.25, 0.3) is 0 Å². The molecule has 0 spiro atoms. The van der Waals surface area contributed by atoms with Crippen molar-refractivity contribution in [2.45, 2.75) is 13.8 Å². The summed E-state index contributed by atoms with van der Waals surface area (Å²) in [5.74, 6) is 0.524. The molecule has 0 saturated carbocycles. The first-order chi connectivity index (χ1) is 13.7. The summed E-state index contributed by atoms with van der Waals surface area (Å²) < 4.78 is 0. The number of rotatable bonds is 5. The third kappa shape index (κ3) is 4.14. The molecule has 0 aliphatic heterocycles. The summed E-state index contributed by atoms with van der Waals surface area (Å²) in [4.78, 5) is 9.46. The number of benzene rings is 2. The summed E-state index contributed by atoms with van der Waals surface area (Å²) >= 11 is 0. The van der Waals surface area contributed by atoms with Gasteiger partial charge in [-0.3, -0.25) is 9.98 Å². The van der Waals surface area contributed by atoms with Gasteiger partial charge < -0.3 is 0 Å². The second kappa shape index (κ2) is 8.12. The zero-order valence-corrected chi connectivity index (χ0v) is 16.2. The molecule has 2 aromatic carbocycles. The summed E-state index contributed by atoms with van der Waals surface area (Å²) in [5, 5.41) is 0. The quantitative estimate of drug-likeness (QED) is 0.411. The number of hydrogen-bond acceptors (Lipinski definition) is 2. The van der Waals surface area contributed by atoms with Crippen LogP contribution in [0.3, 0.4) is 0 Å². The van der Waals surface area contributed by atoms with Crippen LogP contribution in [-0.4, -0.2) is 11.4 Å². The summed E-state index contributed by atoms with van der Waals surface area (Å²) in [7, 11) is 0. The van der Waals surface area contributed by atoms with Crippen LogP contribution in [0.25, 0.3) is 11.1 Å². The molecule has 2 aromatic rings. The van der Waals surface area contributed by atoms with Gasteiger partial charge >= 0.3 is 0 Å². The Hall–Kier alpha value is -3.35. The van der Waals surface area contributed by atoms with Crippen LogP contribution in [0.2, 0.25) is 0 Å². The maximum Gasteiger partial charge on any atom is 0.171 e. The maximum atomic E-state index is 4.74. The third-order valence-corrected chi connectivity index (χ3v) is 5.03. The molecule has 0 bridgehead atoms. The highest BCUT2D eigenvalue weighted by molar-refractivity contribution is 5.91. The van der Waals surface area contributed by atoms with E-state index in [1.54, 1.807) is 0 Å². The molecule has 28 heavy (non-hydrogen) atoms. The Morgan fingerprint density at radius 1 is 0.679 bits per heavy atom. The number of aliphatic imine (C=N–C) groups is 2. The van der Waals surface area contributed by atoms with Crippen molar-refractivity contribution in [1.29, 1.82) is 0 Å². The van der Waals surface area contributed by atoms with Crippen molar-refractivity contribution >= 4 is 22.8 Å². The molecule has 1 unspecified atom stereocenters. The van der Waals surface area contributed by atoms with Gasteiger partial charge in [0.15, 0.2) is 12.0 Å². The van der Waals surface area contributed by atoms with Gasteiger partial charge in [0.1, 0.15) is 0 Å². The largest absolute Gasteiger partial charge is 0.257 e. The molecule has 2 aliphatic carbocycles. The molecule has 1 atom stereocenters. The zero-order valence-electron chi connectivity index (χ0n) is 16.2. The molecule has 2 nitrogen and oxygen atoms in total. The summed E-state index contributed by atoms with van der Waals surface area (Å²) in [6, 6.07) is 16.8. The molecule has 2 heteroatoms. The van der Waals surface area contributed by atoms with Crippen LogP contribution in [0.1, 0.15) is 13.8 Å². The lowest BCUT2D eigenvalue weighted by Crippen LogP contribution is -2.03. The van der Waals surface area contributed by atoms with Crippen LogP contribution < -0.4 is 0 Å². The fourth-order valence-corrected chi connectivity index (χ4v) is 3.36. The monoisotopic (exact) mass is 363 g/mol. The summed E-state index contributed by atoms with van der Waals surface area (Å²) in [6.07, 6.45) is 17.8. The summed E-state index contributed by atoms with van der Waals surface area (Å²) in [5.41, 5.74) is 6.48. The van der Waals surface area contributed by atoms with Gasteiger partial charge in [-0.05, 0) is 49.2 Å². The molecule has 0 amide bonds. The predicted molar refractivity (Wildman–Crippen MR) is 120 cm³/mol. The van der Waals surface area contributed by atoms with Crippen molar-refractivity contribution in [2.75, 3.05) is 0 Å². The zero-order chi connectivity index (χ0) is 19.3. The summed E-state index contributed by atoms with van der Waals surface area (Å²) in [6.45, 7) is 4.13. The van der Waals surface area contributed by atoms with Crippen LogP contribution in [-0.2, 0) is 0 Å². The highest BCUT2D eigenvalue weighted by Gasteiger charge is 2.16. The van der Waals surface area contributed by atoms with Gasteiger partial charge in [-0.1, -0.05) is 48.6 Å². The molecule has 136 valence electrons. The second-order valence-corrected chi connectivity index (χ2v) is 7.09. The van der Waals surface area contributed by atoms with E-state index in [1.807, 2.05) is 19.1 Å². The van der Waals surface area contributed by atoms with Crippen LogP contribution >= 0.6 is 0 Å². The molecule has 0 fully saturated rings. The Kier molecular flexibility index (Phi) is 5.23. The third-order valence-electron chi connectivity index (χ3n) is 5.03. The van der Waals surface area contributed by atoms with Gasteiger partial charge in [-0.2, -0.15) is 0 Å². The Labute approximate surface area is 167 Å². The standard InChI is InChI=1S/C26H23N2/c1-19(21-7-3-4-8-21)27-25-15-11-23(12-16-25)24-13-17-26(18-14-24)28-20(2)22-9-5-6-10-22/h3-9,11-18,21-22H,1-2H3/q+1. The average molecular weight is 363 g/mol. The number of hydrogen-bond donors (Lipinski definition) is 0.